The van der Waals surface area contributed by atoms with E-state index in [9.17, 15) is 19.5 Å². The molecular formula is C19H22N2O6S2. The Bertz CT molecular complexity index is 840. The molecule has 1 aromatic rings. The number of ether oxygens (including phenoxy) is 1. The zero-order valence-corrected chi connectivity index (χ0v) is 17.5. The number of unbranched alkanes of at least 4 members (excludes halogenated alkanes) is 2. The number of benzene rings is 1. The van der Waals surface area contributed by atoms with Crippen LogP contribution in [0.2, 0.25) is 0 Å². The number of hydrogen-bond donors (Lipinski definition) is 3. The summed E-state index contributed by atoms with van der Waals surface area (Å²) in [6.45, 7) is 0.0757. The minimum absolute atomic E-state index is 0.0221. The van der Waals surface area contributed by atoms with Crippen molar-refractivity contribution < 1.29 is 29.3 Å². The Balaban J connectivity index is 1.83. The van der Waals surface area contributed by atoms with Crippen molar-refractivity contribution in [2.24, 2.45) is 0 Å². The van der Waals surface area contributed by atoms with Crippen molar-refractivity contribution in [3.63, 3.8) is 0 Å². The lowest BCUT2D eigenvalue weighted by Crippen LogP contribution is -2.29. The summed E-state index contributed by atoms with van der Waals surface area (Å²) in [5, 5.41) is 20.5. The summed E-state index contributed by atoms with van der Waals surface area (Å²) in [5.74, 6) is -1.21. The summed E-state index contributed by atoms with van der Waals surface area (Å²) in [6.07, 6.45) is 3.94. The first-order chi connectivity index (χ1) is 13.8. The van der Waals surface area contributed by atoms with Crippen LogP contribution in [0.3, 0.4) is 0 Å². The van der Waals surface area contributed by atoms with Gasteiger partial charge in [-0.15, -0.1) is 0 Å². The predicted octanol–water partition coefficient (Wildman–Crippen LogP) is 2.36. The Morgan fingerprint density at radius 3 is 2.76 bits per heavy atom. The van der Waals surface area contributed by atoms with E-state index in [1.54, 1.807) is 18.2 Å². The lowest BCUT2D eigenvalue weighted by atomic mass is 10.1. The van der Waals surface area contributed by atoms with Gasteiger partial charge in [0.25, 0.3) is 5.91 Å². The molecule has 1 heterocycles. The molecule has 2 rings (SSSR count). The molecule has 29 heavy (non-hydrogen) atoms. The summed E-state index contributed by atoms with van der Waals surface area (Å²) >= 11 is 6.52. The van der Waals surface area contributed by atoms with Gasteiger partial charge in [0.2, 0.25) is 5.91 Å². The first-order valence-corrected chi connectivity index (χ1v) is 10.1. The number of phenols is 1. The minimum atomic E-state index is -1.08. The summed E-state index contributed by atoms with van der Waals surface area (Å²) in [5.41, 5.74) is 0.715. The third kappa shape index (κ3) is 6.75. The molecule has 10 heteroatoms. The molecule has 2 amide bonds. The minimum Gasteiger partial charge on any atom is -0.504 e. The highest BCUT2D eigenvalue weighted by Crippen LogP contribution is 2.34. The Labute approximate surface area is 177 Å². The molecule has 0 radical (unpaired) electrons. The predicted molar refractivity (Wildman–Crippen MR) is 114 cm³/mol. The van der Waals surface area contributed by atoms with Crippen molar-refractivity contribution in [2.45, 2.75) is 25.7 Å². The molecule has 156 valence electrons. The van der Waals surface area contributed by atoms with Gasteiger partial charge >= 0.3 is 5.97 Å². The molecule has 1 fully saturated rings. The molecule has 0 aliphatic carbocycles. The maximum absolute atomic E-state index is 12.6. The summed E-state index contributed by atoms with van der Waals surface area (Å²) < 4.78 is 5.55. The van der Waals surface area contributed by atoms with Crippen molar-refractivity contribution in [1.29, 1.82) is 0 Å². The van der Waals surface area contributed by atoms with E-state index < -0.39 is 5.97 Å². The van der Waals surface area contributed by atoms with Crippen LogP contribution in [-0.4, -0.2) is 57.4 Å². The number of carboxylic acid groups (broad SMARTS) is 1. The Morgan fingerprint density at radius 1 is 1.31 bits per heavy atom. The fourth-order valence-corrected chi connectivity index (χ4v) is 3.93. The standard InChI is InChI=1S/C19H22N2O6S2/c1-27-14-9-12(6-7-13(14)22)10-15-18(26)21(19(28)29-15)8-4-2-3-5-16(23)20-11-17(24)25/h6-7,9-10,22H,2-5,8,11H2,1H3,(H,20,23)(H,24,25)/b15-10-. The smallest absolute Gasteiger partial charge is 0.322 e. The summed E-state index contributed by atoms with van der Waals surface area (Å²) in [6, 6.07) is 4.81. The fraction of sp³-hybridized carbons (Fsp3) is 0.368. The van der Waals surface area contributed by atoms with Gasteiger partial charge < -0.3 is 20.3 Å². The van der Waals surface area contributed by atoms with Gasteiger partial charge in [-0.05, 0) is 36.6 Å². The van der Waals surface area contributed by atoms with Crippen LogP contribution in [0.4, 0.5) is 0 Å². The molecule has 1 aromatic carbocycles. The second kappa shape index (κ2) is 10.8. The molecule has 0 unspecified atom stereocenters. The van der Waals surface area contributed by atoms with E-state index in [2.05, 4.69) is 5.32 Å². The Hall–Kier alpha value is -2.59. The number of phenolic OH excluding ortho intramolecular Hbond substituents is 1. The number of rotatable bonds is 10. The quantitative estimate of drug-likeness (QED) is 0.290. The number of aromatic hydroxyl groups is 1. The normalized spacial score (nSPS) is 15.1. The van der Waals surface area contributed by atoms with E-state index in [1.165, 1.54) is 29.8 Å². The zero-order chi connectivity index (χ0) is 21.4. The SMILES string of the molecule is COc1cc(/C=C2\SC(=S)N(CCCCCC(=O)NCC(=O)O)C2=O)ccc1O. The van der Waals surface area contributed by atoms with Gasteiger partial charge in [-0.1, -0.05) is 36.5 Å². The van der Waals surface area contributed by atoms with Crippen LogP contribution in [0, 0.1) is 0 Å². The van der Waals surface area contributed by atoms with Crippen LogP contribution in [0.15, 0.2) is 23.1 Å². The number of carbonyl (C=O) groups excluding carboxylic acids is 2. The number of methoxy groups -OCH3 is 1. The van der Waals surface area contributed by atoms with Gasteiger partial charge in [-0.3, -0.25) is 19.3 Å². The molecule has 1 aliphatic heterocycles. The number of nitrogens with zero attached hydrogens (tertiary/aromatic N) is 1. The third-order valence-electron chi connectivity index (χ3n) is 4.10. The number of aliphatic carboxylic acids is 1. The first-order valence-electron chi connectivity index (χ1n) is 8.92. The van der Waals surface area contributed by atoms with Crippen molar-refractivity contribution >= 4 is 52.2 Å². The highest BCUT2D eigenvalue weighted by atomic mass is 32.2. The van der Waals surface area contributed by atoms with E-state index >= 15 is 0 Å². The summed E-state index contributed by atoms with van der Waals surface area (Å²) in [4.78, 5) is 36.5. The van der Waals surface area contributed by atoms with Crippen molar-refractivity contribution in [1.82, 2.24) is 10.2 Å². The maximum Gasteiger partial charge on any atom is 0.322 e. The number of carbonyl (C=O) groups is 3. The van der Waals surface area contributed by atoms with Crippen molar-refractivity contribution in [3.05, 3.63) is 28.7 Å². The topological polar surface area (TPSA) is 116 Å². The van der Waals surface area contributed by atoms with E-state index in [0.717, 1.165) is 0 Å². The van der Waals surface area contributed by atoms with Crippen LogP contribution in [0.1, 0.15) is 31.2 Å². The molecule has 1 saturated heterocycles. The molecule has 1 aliphatic rings. The second-order valence-electron chi connectivity index (χ2n) is 6.25. The van der Waals surface area contributed by atoms with Crippen molar-refractivity contribution in [3.8, 4) is 11.5 Å². The molecular weight excluding hydrogens is 416 g/mol. The van der Waals surface area contributed by atoms with Crippen LogP contribution >= 0.6 is 24.0 Å². The highest BCUT2D eigenvalue weighted by Gasteiger charge is 2.31. The number of hydrogen-bond acceptors (Lipinski definition) is 7. The van der Waals surface area contributed by atoms with Crippen molar-refractivity contribution in [2.75, 3.05) is 20.2 Å². The molecule has 3 N–H and O–H groups in total. The van der Waals surface area contributed by atoms with Gasteiger partial charge in [0.1, 0.15) is 10.9 Å². The average Bonchev–Trinajstić information content (AvgIpc) is 2.94. The van der Waals surface area contributed by atoms with Crippen LogP contribution in [-0.2, 0) is 14.4 Å². The molecule has 8 nitrogen and oxygen atoms in total. The van der Waals surface area contributed by atoms with E-state index in [-0.39, 0.29) is 30.5 Å². The van der Waals surface area contributed by atoms with Crippen LogP contribution < -0.4 is 10.1 Å². The summed E-state index contributed by atoms with van der Waals surface area (Å²) in [7, 11) is 1.45. The largest absolute Gasteiger partial charge is 0.504 e. The van der Waals surface area contributed by atoms with E-state index in [1.807, 2.05) is 0 Å². The maximum atomic E-state index is 12.6. The van der Waals surface area contributed by atoms with Crippen LogP contribution in [0.5, 0.6) is 11.5 Å². The molecule has 0 bridgehead atoms. The van der Waals surface area contributed by atoms with Gasteiger partial charge in [-0.25, -0.2) is 0 Å². The first kappa shape index (κ1) is 22.7. The Morgan fingerprint density at radius 2 is 2.07 bits per heavy atom. The second-order valence-corrected chi connectivity index (χ2v) is 7.92. The van der Waals surface area contributed by atoms with E-state index in [4.69, 9.17) is 22.1 Å². The monoisotopic (exact) mass is 438 g/mol. The van der Waals surface area contributed by atoms with Gasteiger partial charge in [0.15, 0.2) is 11.5 Å². The number of thioether (sulfide) groups is 1. The van der Waals surface area contributed by atoms with Gasteiger partial charge in [-0.2, -0.15) is 0 Å². The highest BCUT2D eigenvalue weighted by molar-refractivity contribution is 8.26. The van der Waals surface area contributed by atoms with Gasteiger partial charge in [0.05, 0.1) is 12.0 Å². The number of nitrogens with one attached hydrogen (secondary N) is 1. The van der Waals surface area contributed by atoms with Crippen LogP contribution in [0.25, 0.3) is 6.08 Å². The average molecular weight is 439 g/mol. The third-order valence-corrected chi connectivity index (χ3v) is 5.48. The number of thiocarbonyl (C=S) groups is 1. The molecule has 0 saturated carbocycles. The molecule has 0 atom stereocenters. The zero-order valence-electron chi connectivity index (χ0n) is 15.8. The lowest BCUT2D eigenvalue weighted by molar-refractivity contribution is -0.137. The lowest BCUT2D eigenvalue weighted by Gasteiger charge is -2.14. The van der Waals surface area contributed by atoms with Gasteiger partial charge in [0, 0.05) is 13.0 Å². The molecule has 0 aromatic heterocycles. The number of carboxylic acids is 1. The molecule has 0 spiro atoms. The fourth-order valence-electron chi connectivity index (χ4n) is 2.62. The Kier molecular flexibility index (Phi) is 8.47. The number of amides is 2. The van der Waals surface area contributed by atoms with E-state index in [0.29, 0.717) is 46.3 Å².